The van der Waals surface area contributed by atoms with Crippen LogP contribution in [0.2, 0.25) is 0 Å². The minimum atomic E-state index is -0.164. The molecule has 0 spiro atoms. The number of nitrogens with one attached hydrogen (secondary N) is 1. The molecular formula is C22H22N2O4. The maximum absolute atomic E-state index is 12.2. The molecule has 28 heavy (non-hydrogen) atoms. The highest BCUT2D eigenvalue weighted by atomic mass is 16.5. The van der Waals surface area contributed by atoms with E-state index in [4.69, 9.17) is 9.15 Å². The standard InChI is InChI=1S/C22H22N2O4/c1-17(25)24(14-13-22(26)23-16-19-10-7-15-27-19)20-11-5-6-12-21(20)28-18-8-3-2-4-9-18/h2-12,15H,13-14,16H2,1H3,(H,23,26). The third-order valence-corrected chi connectivity index (χ3v) is 4.11. The fraction of sp³-hybridized carbons (Fsp3) is 0.182. The monoisotopic (exact) mass is 378 g/mol. The first kappa shape index (κ1) is 19.2. The third-order valence-electron chi connectivity index (χ3n) is 4.11. The maximum atomic E-state index is 12.2. The SMILES string of the molecule is CC(=O)N(CCC(=O)NCc1ccco1)c1ccccc1Oc1ccccc1. The number of carbonyl (C=O) groups excluding carboxylic acids is 2. The molecular weight excluding hydrogens is 356 g/mol. The van der Waals surface area contributed by atoms with Gasteiger partial charge >= 0.3 is 0 Å². The summed E-state index contributed by atoms with van der Waals surface area (Å²) in [4.78, 5) is 25.9. The van der Waals surface area contributed by atoms with E-state index in [0.717, 1.165) is 0 Å². The molecule has 0 radical (unpaired) electrons. The van der Waals surface area contributed by atoms with Crippen LogP contribution in [0.4, 0.5) is 5.69 Å². The van der Waals surface area contributed by atoms with Gasteiger partial charge in [0.05, 0.1) is 18.5 Å². The van der Waals surface area contributed by atoms with Gasteiger partial charge in [0.25, 0.3) is 0 Å². The zero-order valence-electron chi connectivity index (χ0n) is 15.6. The predicted octanol–water partition coefficient (Wildman–Crippen LogP) is 4.13. The molecule has 6 nitrogen and oxygen atoms in total. The van der Waals surface area contributed by atoms with Crippen LogP contribution in [0.3, 0.4) is 0 Å². The molecule has 144 valence electrons. The van der Waals surface area contributed by atoms with Gasteiger partial charge in [0, 0.05) is 19.9 Å². The molecule has 0 bridgehead atoms. The van der Waals surface area contributed by atoms with Gasteiger partial charge in [-0.1, -0.05) is 30.3 Å². The third kappa shape index (κ3) is 5.23. The van der Waals surface area contributed by atoms with E-state index >= 15 is 0 Å². The predicted molar refractivity (Wildman–Crippen MR) is 106 cm³/mol. The van der Waals surface area contributed by atoms with Crippen LogP contribution < -0.4 is 15.0 Å². The lowest BCUT2D eigenvalue weighted by Crippen LogP contribution is -2.33. The van der Waals surface area contributed by atoms with E-state index in [1.54, 1.807) is 35.4 Å². The van der Waals surface area contributed by atoms with Crippen molar-refractivity contribution in [2.24, 2.45) is 0 Å². The van der Waals surface area contributed by atoms with E-state index in [9.17, 15) is 9.59 Å². The smallest absolute Gasteiger partial charge is 0.223 e. The van der Waals surface area contributed by atoms with Crippen molar-refractivity contribution < 1.29 is 18.7 Å². The Morgan fingerprint density at radius 3 is 2.46 bits per heavy atom. The number of furan rings is 1. The van der Waals surface area contributed by atoms with Gasteiger partial charge in [0.15, 0.2) is 5.75 Å². The second-order valence-corrected chi connectivity index (χ2v) is 6.16. The van der Waals surface area contributed by atoms with Crippen molar-refractivity contribution in [1.82, 2.24) is 5.32 Å². The Hall–Kier alpha value is -3.54. The molecule has 3 aromatic rings. The molecule has 0 aliphatic rings. The lowest BCUT2D eigenvalue weighted by molar-refractivity contribution is -0.121. The number of hydrogen-bond donors (Lipinski definition) is 1. The molecule has 0 aliphatic carbocycles. The van der Waals surface area contributed by atoms with Crippen LogP contribution in [-0.4, -0.2) is 18.4 Å². The highest BCUT2D eigenvalue weighted by Crippen LogP contribution is 2.32. The van der Waals surface area contributed by atoms with E-state index < -0.39 is 0 Å². The van der Waals surface area contributed by atoms with Crippen LogP contribution in [0.15, 0.2) is 77.4 Å². The molecule has 0 saturated heterocycles. The van der Waals surface area contributed by atoms with Crippen molar-refractivity contribution in [1.29, 1.82) is 0 Å². The van der Waals surface area contributed by atoms with Crippen LogP contribution in [0.1, 0.15) is 19.1 Å². The molecule has 6 heteroatoms. The van der Waals surface area contributed by atoms with Crippen molar-refractivity contribution in [2.45, 2.75) is 19.9 Å². The van der Waals surface area contributed by atoms with Gasteiger partial charge in [-0.25, -0.2) is 0 Å². The van der Waals surface area contributed by atoms with Crippen molar-refractivity contribution in [3.8, 4) is 11.5 Å². The molecule has 0 aliphatic heterocycles. The van der Waals surface area contributed by atoms with Gasteiger partial charge in [-0.05, 0) is 36.4 Å². The molecule has 1 aromatic heterocycles. The zero-order chi connectivity index (χ0) is 19.8. The van der Waals surface area contributed by atoms with Crippen LogP contribution in [0, 0.1) is 0 Å². The topological polar surface area (TPSA) is 71.8 Å². The normalized spacial score (nSPS) is 10.3. The van der Waals surface area contributed by atoms with Crippen LogP contribution >= 0.6 is 0 Å². The van der Waals surface area contributed by atoms with Gasteiger partial charge in [0.2, 0.25) is 11.8 Å². The number of rotatable bonds is 8. The van der Waals surface area contributed by atoms with Gasteiger partial charge in [-0.15, -0.1) is 0 Å². The first-order chi connectivity index (χ1) is 13.6. The van der Waals surface area contributed by atoms with Crippen molar-refractivity contribution in [3.63, 3.8) is 0 Å². The lowest BCUT2D eigenvalue weighted by atomic mass is 10.2. The molecule has 2 aromatic carbocycles. The Labute approximate surface area is 163 Å². The van der Waals surface area contributed by atoms with E-state index in [2.05, 4.69) is 5.32 Å². The molecule has 3 rings (SSSR count). The average Bonchev–Trinajstić information content (AvgIpc) is 3.22. The second kappa shape index (κ2) is 9.41. The quantitative estimate of drug-likeness (QED) is 0.640. The number of benzene rings is 2. The highest BCUT2D eigenvalue weighted by Gasteiger charge is 2.18. The Kier molecular flexibility index (Phi) is 6.46. The molecule has 1 N–H and O–H groups in total. The number of carbonyl (C=O) groups is 2. The lowest BCUT2D eigenvalue weighted by Gasteiger charge is -2.23. The van der Waals surface area contributed by atoms with Gasteiger partial charge in [-0.3, -0.25) is 9.59 Å². The molecule has 1 heterocycles. The first-order valence-electron chi connectivity index (χ1n) is 9.02. The first-order valence-corrected chi connectivity index (χ1v) is 9.02. The fourth-order valence-corrected chi connectivity index (χ4v) is 2.73. The van der Waals surface area contributed by atoms with Crippen molar-refractivity contribution >= 4 is 17.5 Å². The Bertz CT molecular complexity index is 907. The number of amides is 2. The summed E-state index contributed by atoms with van der Waals surface area (Å²) in [7, 11) is 0. The Morgan fingerprint density at radius 2 is 1.75 bits per heavy atom. The Morgan fingerprint density at radius 1 is 1.00 bits per heavy atom. The number of nitrogens with zero attached hydrogens (tertiary/aromatic N) is 1. The summed E-state index contributed by atoms with van der Waals surface area (Å²) < 4.78 is 11.1. The highest BCUT2D eigenvalue weighted by molar-refractivity contribution is 5.94. The van der Waals surface area contributed by atoms with Gasteiger partial charge < -0.3 is 19.4 Å². The molecule has 0 unspecified atom stereocenters. The summed E-state index contributed by atoms with van der Waals surface area (Å²) in [6.07, 6.45) is 1.72. The molecule has 2 amide bonds. The Balaban J connectivity index is 1.66. The second-order valence-electron chi connectivity index (χ2n) is 6.16. The van der Waals surface area contributed by atoms with Crippen LogP contribution in [-0.2, 0) is 16.1 Å². The van der Waals surface area contributed by atoms with Crippen LogP contribution in [0.5, 0.6) is 11.5 Å². The summed E-state index contributed by atoms with van der Waals surface area (Å²) in [5.74, 6) is 1.58. The minimum Gasteiger partial charge on any atom is -0.467 e. The van der Waals surface area contributed by atoms with Crippen molar-refractivity contribution in [3.05, 3.63) is 78.8 Å². The van der Waals surface area contributed by atoms with E-state index in [1.165, 1.54) is 6.92 Å². The van der Waals surface area contributed by atoms with E-state index in [-0.39, 0.29) is 24.8 Å². The summed E-state index contributed by atoms with van der Waals surface area (Å²) >= 11 is 0. The number of ether oxygens (including phenoxy) is 1. The maximum Gasteiger partial charge on any atom is 0.223 e. The zero-order valence-corrected chi connectivity index (χ0v) is 15.6. The summed E-state index contributed by atoms with van der Waals surface area (Å²) in [5, 5.41) is 2.78. The average molecular weight is 378 g/mol. The number of hydrogen-bond acceptors (Lipinski definition) is 4. The minimum absolute atomic E-state index is 0.163. The number of para-hydroxylation sites is 3. The van der Waals surface area contributed by atoms with E-state index in [0.29, 0.717) is 29.5 Å². The molecule has 0 fully saturated rings. The van der Waals surface area contributed by atoms with Crippen molar-refractivity contribution in [2.75, 3.05) is 11.4 Å². The summed E-state index contributed by atoms with van der Waals surface area (Å²) in [6.45, 7) is 2.04. The molecule has 0 saturated carbocycles. The van der Waals surface area contributed by atoms with Gasteiger partial charge in [-0.2, -0.15) is 0 Å². The fourth-order valence-electron chi connectivity index (χ4n) is 2.73. The van der Waals surface area contributed by atoms with Crippen LogP contribution in [0.25, 0.3) is 0 Å². The number of anilines is 1. The summed E-state index contributed by atoms with van der Waals surface area (Å²) in [5.41, 5.74) is 0.623. The van der Waals surface area contributed by atoms with E-state index in [1.807, 2.05) is 42.5 Å². The largest absolute Gasteiger partial charge is 0.467 e. The summed E-state index contributed by atoms with van der Waals surface area (Å²) in [6, 6.07) is 20.2. The van der Waals surface area contributed by atoms with Gasteiger partial charge in [0.1, 0.15) is 11.5 Å². The molecule has 0 atom stereocenters.